The molecule has 4 rings (SSSR count). The molecule has 2 heterocycles. The van der Waals surface area contributed by atoms with Crippen molar-refractivity contribution in [1.82, 2.24) is 10.3 Å². The summed E-state index contributed by atoms with van der Waals surface area (Å²) in [6, 6.07) is 22.4. The molecule has 2 aromatic carbocycles. The molecule has 1 amide bonds. The van der Waals surface area contributed by atoms with E-state index in [4.69, 9.17) is 0 Å². The molecule has 5 heteroatoms. The average molecular weight is 379 g/mol. The third-order valence-corrected chi connectivity index (χ3v) is 6.11. The first-order valence-corrected chi connectivity index (χ1v) is 10.3. The Kier molecular flexibility index (Phi) is 5.09. The van der Waals surface area contributed by atoms with Gasteiger partial charge in [-0.05, 0) is 23.1 Å². The van der Waals surface area contributed by atoms with E-state index in [1.807, 2.05) is 48.5 Å². The first kappa shape index (κ1) is 16.9. The predicted molar refractivity (Wildman–Crippen MR) is 111 cm³/mol. The lowest BCUT2D eigenvalue weighted by atomic mass is 10.2. The Bertz CT molecular complexity index is 1010. The summed E-state index contributed by atoms with van der Waals surface area (Å²) < 4.78 is 0. The standard InChI is InChI=1S/C21H18N2OS2/c24-19(22-13-15-7-2-1-3-8-15)14-26-21-16-9-4-5-10-17(16)23-20(21)18-11-6-12-25-18/h1-12,23H,13-14H2,(H,22,24). The molecule has 2 N–H and O–H groups in total. The van der Waals surface area contributed by atoms with Crippen molar-refractivity contribution in [1.29, 1.82) is 0 Å². The van der Waals surface area contributed by atoms with E-state index in [9.17, 15) is 4.79 Å². The number of rotatable bonds is 6. The van der Waals surface area contributed by atoms with Crippen LogP contribution in [0.1, 0.15) is 5.56 Å². The van der Waals surface area contributed by atoms with Crippen molar-refractivity contribution >= 4 is 39.9 Å². The Balaban J connectivity index is 1.50. The van der Waals surface area contributed by atoms with Crippen LogP contribution in [0.2, 0.25) is 0 Å². The molecular weight excluding hydrogens is 360 g/mol. The van der Waals surface area contributed by atoms with Gasteiger partial charge in [0.05, 0.1) is 16.3 Å². The number of H-pyrrole nitrogens is 1. The van der Waals surface area contributed by atoms with Gasteiger partial charge in [0.15, 0.2) is 0 Å². The second-order valence-electron chi connectivity index (χ2n) is 5.90. The van der Waals surface area contributed by atoms with Gasteiger partial charge in [-0.2, -0.15) is 0 Å². The molecule has 130 valence electrons. The number of thioether (sulfide) groups is 1. The predicted octanol–water partition coefficient (Wildman–Crippen LogP) is 5.30. The highest BCUT2D eigenvalue weighted by Crippen LogP contribution is 2.39. The van der Waals surface area contributed by atoms with Crippen molar-refractivity contribution < 1.29 is 4.79 Å². The molecule has 0 aliphatic rings. The van der Waals surface area contributed by atoms with Crippen molar-refractivity contribution in [2.75, 3.05) is 5.75 Å². The second kappa shape index (κ2) is 7.81. The van der Waals surface area contributed by atoms with Crippen LogP contribution in [0.3, 0.4) is 0 Å². The van der Waals surface area contributed by atoms with Crippen LogP contribution in [0.4, 0.5) is 0 Å². The molecule has 0 saturated carbocycles. The molecule has 0 atom stereocenters. The van der Waals surface area contributed by atoms with Crippen LogP contribution < -0.4 is 5.32 Å². The number of carbonyl (C=O) groups excluding carboxylic acids is 1. The Labute approximate surface area is 160 Å². The number of hydrogen-bond acceptors (Lipinski definition) is 3. The third kappa shape index (κ3) is 3.69. The highest BCUT2D eigenvalue weighted by Gasteiger charge is 2.15. The summed E-state index contributed by atoms with van der Waals surface area (Å²) in [5.41, 5.74) is 3.31. The Morgan fingerprint density at radius 2 is 1.81 bits per heavy atom. The quantitative estimate of drug-likeness (QED) is 0.447. The largest absolute Gasteiger partial charge is 0.353 e. The zero-order valence-electron chi connectivity index (χ0n) is 14.1. The fourth-order valence-electron chi connectivity index (χ4n) is 2.85. The minimum atomic E-state index is 0.0428. The molecule has 26 heavy (non-hydrogen) atoms. The maximum absolute atomic E-state index is 12.3. The summed E-state index contributed by atoms with van der Waals surface area (Å²) in [4.78, 5) is 18.1. The van der Waals surface area contributed by atoms with Gasteiger partial charge < -0.3 is 10.3 Å². The number of amides is 1. The van der Waals surface area contributed by atoms with E-state index in [-0.39, 0.29) is 5.91 Å². The highest BCUT2D eigenvalue weighted by atomic mass is 32.2. The average Bonchev–Trinajstić information content (AvgIpc) is 3.33. The molecule has 0 spiro atoms. The number of thiophene rings is 1. The molecule has 3 nitrogen and oxygen atoms in total. The first-order chi connectivity index (χ1) is 12.8. The molecule has 0 aliphatic carbocycles. The van der Waals surface area contributed by atoms with E-state index in [0.29, 0.717) is 12.3 Å². The maximum Gasteiger partial charge on any atom is 0.230 e. The van der Waals surface area contributed by atoms with Gasteiger partial charge in [-0.3, -0.25) is 4.79 Å². The monoisotopic (exact) mass is 378 g/mol. The molecular formula is C21H18N2OS2. The molecule has 0 unspecified atom stereocenters. The van der Waals surface area contributed by atoms with Crippen LogP contribution in [0, 0.1) is 0 Å². The van der Waals surface area contributed by atoms with Gasteiger partial charge in [0, 0.05) is 22.3 Å². The lowest BCUT2D eigenvalue weighted by Gasteiger charge is -2.06. The number of nitrogens with one attached hydrogen (secondary N) is 2. The van der Waals surface area contributed by atoms with E-state index in [1.165, 1.54) is 4.88 Å². The number of hydrogen-bond donors (Lipinski definition) is 2. The Morgan fingerprint density at radius 3 is 2.62 bits per heavy atom. The van der Waals surface area contributed by atoms with Crippen LogP contribution >= 0.6 is 23.1 Å². The zero-order chi connectivity index (χ0) is 17.8. The van der Waals surface area contributed by atoms with Crippen LogP contribution in [0.25, 0.3) is 21.5 Å². The topological polar surface area (TPSA) is 44.9 Å². The van der Waals surface area contributed by atoms with Crippen molar-refractivity contribution in [3.8, 4) is 10.6 Å². The van der Waals surface area contributed by atoms with Crippen molar-refractivity contribution in [3.63, 3.8) is 0 Å². The fourth-order valence-corrected chi connectivity index (χ4v) is 4.66. The summed E-state index contributed by atoms with van der Waals surface area (Å²) in [6.45, 7) is 0.561. The summed E-state index contributed by atoms with van der Waals surface area (Å²) in [5, 5.41) is 6.23. The van der Waals surface area contributed by atoms with Gasteiger partial charge in [0.25, 0.3) is 0 Å². The Hall–Kier alpha value is -2.50. The molecule has 0 bridgehead atoms. The zero-order valence-corrected chi connectivity index (χ0v) is 15.7. The van der Waals surface area contributed by atoms with Crippen molar-refractivity contribution in [2.45, 2.75) is 11.4 Å². The number of aromatic amines is 1. The van der Waals surface area contributed by atoms with E-state index >= 15 is 0 Å². The van der Waals surface area contributed by atoms with Gasteiger partial charge in [0.2, 0.25) is 5.91 Å². The Morgan fingerprint density at radius 1 is 1.00 bits per heavy atom. The first-order valence-electron chi connectivity index (χ1n) is 8.39. The summed E-state index contributed by atoms with van der Waals surface area (Å²) in [5.74, 6) is 0.439. The lowest BCUT2D eigenvalue weighted by Crippen LogP contribution is -2.24. The SMILES string of the molecule is O=C(CSc1c(-c2cccs2)[nH]c2ccccc12)NCc1ccccc1. The van der Waals surface area contributed by atoms with Gasteiger partial charge in [-0.15, -0.1) is 23.1 Å². The minimum Gasteiger partial charge on any atom is -0.353 e. The number of benzene rings is 2. The lowest BCUT2D eigenvalue weighted by molar-refractivity contribution is -0.118. The smallest absolute Gasteiger partial charge is 0.230 e. The van der Waals surface area contributed by atoms with E-state index in [2.05, 4.69) is 33.9 Å². The maximum atomic E-state index is 12.3. The molecule has 0 fully saturated rings. The molecule has 0 saturated heterocycles. The minimum absolute atomic E-state index is 0.0428. The molecule has 4 aromatic rings. The third-order valence-electron chi connectivity index (χ3n) is 4.11. The number of aromatic nitrogens is 1. The van der Waals surface area contributed by atoms with Crippen LogP contribution in [-0.2, 0) is 11.3 Å². The highest BCUT2D eigenvalue weighted by molar-refractivity contribution is 8.00. The van der Waals surface area contributed by atoms with Crippen LogP contribution in [-0.4, -0.2) is 16.6 Å². The molecule has 0 aliphatic heterocycles. The summed E-state index contributed by atoms with van der Waals surface area (Å²) in [7, 11) is 0. The van der Waals surface area contributed by atoms with Gasteiger partial charge in [-0.25, -0.2) is 0 Å². The number of carbonyl (C=O) groups is 1. The summed E-state index contributed by atoms with van der Waals surface area (Å²) >= 11 is 3.29. The van der Waals surface area contributed by atoms with E-state index in [0.717, 1.165) is 27.1 Å². The fraction of sp³-hybridized carbons (Fsp3) is 0.0952. The van der Waals surface area contributed by atoms with Crippen molar-refractivity contribution in [2.24, 2.45) is 0 Å². The number of para-hydroxylation sites is 1. The van der Waals surface area contributed by atoms with E-state index < -0.39 is 0 Å². The number of fused-ring (bicyclic) bond motifs is 1. The van der Waals surface area contributed by atoms with Crippen molar-refractivity contribution in [3.05, 3.63) is 77.7 Å². The van der Waals surface area contributed by atoms with Gasteiger partial charge in [0.1, 0.15) is 0 Å². The van der Waals surface area contributed by atoms with Gasteiger partial charge >= 0.3 is 0 Å². The molecule has 2 aromatic heterocycles. The molecule has 0 radical (unpaired) electrons. The van der Waals surface area contributed by atoms with E-state index in [1.54, 1.807) is 23.1 Å². The van der Waals surface area contributed by atoms with Crippen LogP contribution in [0.15, 0.2) is 77.0 Å². The van der Waals surface area contributed by atoms with Crippen LogP contribution in [0.5, 0.6) is 0 Å². The summed E-state index contributed by atoms with van der Waals surface area (Å²) in [6.07, 6.45) is 0. The normalized spacial score (nSPS) is 10.9. The second-order valence-corrected chi connectivity index (χ2v) is 7.84. The van der Waals surface area contributed by atoms with Gasteiger partial charge in [-0.1, -0.05) is 54.6 Å².